The maximum absolute atomic E-state index is 12.5. The molecule has 0 aromatic heterocycles. The molecule has 88 valence electrons. The summed E-state index contributed by atoms with van der Waals surface area (Å²) < 4.78 is 25.1. The van der Waals surface area contributed by atoms with E-state index in [4.69, 9.17) is 5.11 Å². The van der Waals surface area contributed by atoms with Gasteiger partial charge in [-0.25, -0.2) is 0 Å². The first-order chi connectivity index (χ1) is 7.59. The van der Waals surface area contributed by atoms with Crippen molar-refractivity contribution in [2.24, 2.45) is 0 Å². The fourth-order valence-electron chi connectivity index (χ4n) is 1.57. The van der Waals surface area contributed by atoms with E-state index in [1.807, 2.05) is 30.3 Å². The van der Waals surface area contributed by atoms with Crippen molar-refractivity contribution < 1.29 is 13.9 Å². The molecule has 0 amide bonds. The van der Waals surface area contributed by atoms with Crippen molar-refractivity contribution in [3.63, 3.8) is 0 Å². The van der Waals surface area contributed by atoms with Crippen molar-refractivity contribution in [1.82, 2.24) is 0 Å². The zero-order valence-corrected chi connectivity index (χ0v) is 9.29. The molecule has 0 saturated heterocycles. The molecule has 0 fully saturated rings. The van der Waals surface area contributed by atoms with Crippen molar-refractivity contribution in [3.05, 3.63) is 47.5 Å². The number of benzene rings is 1. The predicted octanol–water partition coefficient (Wildman–Crippen LogP) is 3.54. The number of aliphatic hydroxyl groups excluding tert-OH is 1. The average Bonchev–Trinajstić information content (AvgIpc) is 2.25. The van der Waals surface area contributed by atoms with Crippen molar-refractivity contribution in [2.45, 2.75) is 32.3 Å². The molecular formula is C13H16F2O. The van der Waals surface area contributed by atoms with Gasteiger partial charge in [0.15, 0.2) is 0 Å². The van der Waals surface area contributed by atoms with Crippen LogP contribution in [0.3, 0.4) is 0 Å². The van der Waals surface area contributed by atoms with Gasteiger partial charge in [0, 0.05) is 0 Å². The standard InChI is InChI=1S/C13H16F2O/c1-10(16)9-12(13(14)15)8-7-11-5-3-2-4-6-11/h2-6,10,16H,7-9H2,1H3. The van der Waals surface area contributed by atoms with Crippen LogP contribution in [0.2, 0.25) is 0 Å². The Hall–Kier alpha value is -1.22. The molecule has 0 spiro atoms. The molecule has 16 heavy (non-hydrogen) atoms. The lowest BCUT2D eigenvalue weighted by Crippen LogP contribution is -2.03. The van der Waals surface area contributed by atoms with E-state index in [9.17, 15) is 8.78 Å². The largest absolute Gasteiger partial charge is 0.393 e. The second-order valence-corrected chi connectivity index (χ2v) is 3.90. The van der Waals surface area contributed by atoms with E-state index in [0.717, 1.165) is 5.56 Å². The van der Waals surface area contributed by atoms with Gasteiger partial charge < -0.3 is 5.11 Å². The summed E-state index contributed by atoms with van der Waals surface area (Å²) >= 11 is 0. The van der Waals surface area contributed by atoms with E-state index < -0.39 is 12.2 Å². The topological polar surface area (TPSA) is 20.2 Å². The van der Waals surface area contributed by atoms with Crippen LogP contribution in [-0.2, 0) is 6.42 Å². The van der Waals surface area contributed by atoms with Crippen LogP contribution < -0.4 is 0 Å². The van der Waals surface area contributed by atoms with Crippen molar-refractivity contribution in [1.29, 1.82) is 0 Å². The van der Waals surface area contributed by atoms with Gasteiger partial charge in [0.1, 0.15) is 0 Å². The highest BCUT2D eigenvalue weighted by molar-refractivity contribution is 5.17. The first-order valence-electron chi connectivity index (χ1n) is 5.34. The van der Waals surface area contributed by atoms with Crippen LogP contribution in [0.4, 0.5) is 8.78 Å². The Morgan fingerprint density at radius 1 is 1.25 bits per heavy atom. The third-order valence-electron chi connectivity index (χ3n) is 2.37. The van der Waals surface area contributed by atoms with Gasteiger partial charge >= 0.3 is 0 Å². The number of aryl methyl sites for hydroxylation is 1. The van der Waals surface area contributed by atoms with Gasteiger partial charge in [-0.05, 0) is 37.3 Å². The van der Waals surface area contributed by atoms with Gasteiger partial charge in [0.2, 0.25) is 0 Å². The molecule has 0 radical (unpaired) electrons. The summed E-state index contributed by atoms with van der Waals surface area (Å²) in [5.41, 5.74) is 1.09. The highest BCUT2D eigenvalue weighted by atomic mass is 19.3. The van der Waals surface area contributed by atoms with Gasteiger partial charge in [-0.15, -0.1) is 0 Å². The third-order valence-corrected chi connectivity index (χ3v) is 2.37. The monoisotopic (exact) mass is 226 g/mol. The maximum Gasteiger partial charge on any atom is 0.269 e. The Bertz CT molecular complexity index is 340. The van der Waals surface area contributed by atoms with E-state index in [0.29, 0.717) is 12.8 Å². The lowest BCUT2D eigenvalue weighted by molar-refractivity contribution is 0.191. The summed E-state index contributed by atoms with van der Waals surface area (Å²) in [4.78, 5) is 0. The molecule has 0 heterocycles. The minimum atomic E-state index is -1.66. The summed E-state index contributed by atoms with van der Waals surface area (Å²) in [6.07, 6.45) is -1.43. The SMILES string of the molecule is CC(O)CC(CCc1ccccc1)=C(F)F. The molecule has 1 unspecified atom stereocenters. The molecule has 3 heteroatoms. The van der Waals surface area contributed by atoms with Crippen LogP contribution in [0.15, 0.2) is 42.0 Å². The minimum absolute atomic E-state index is 0.0508. The average molecular weight is 226 g/mol. The first-order valence-corrected chi connectivity index (χ1v) is 5.34. The van der Waals surface area contributed by atoms with E-state index in [-0.39, 0.29) is 12.0 Å². The quantitative estimate of drug-likeness (QED) is 0.814. The molecule has 1 rings (SSSR count). The summed E-state index contributed by atoms with van der Waals surface area (Å²) in [5.74, 6) is 0. The highest BCUT2D eigenvalue weighted by Crippen LogP contribution is 2.20. The van der Waals surface area contributed by atoms with E-state index in [2.05, 4.69) is 0 Å². The molecular weight excluding hydrogens is 210 g/mol. The van der Waals surface area contributed by atoms with Gasteiger partial charge in [-0.1, -0.05) is 30.3 Å². The molecule has 0 saturated carbocycles. The first kappa shape index (κ1) is 12.8. The number of halogens is 2. The summed E-state index contributed by atoms with van der Waals surface area (Å²) in [5, 5.41) is 9.10. The zero-order chi connectivity index (χ0) is 12.0. The zero-order valence-electron chi connectivity index (χ0n) is 9.29. The molecule has 1 N–H and O–H groups in total. The minimum Gasteiger partial charge on any atom is -0.393 e. The highest BCUT2D eigenvalue weighted by Gasteiger charge is 2.09. The van der Waals surface area contributed by atoms with Crippen LogP contribution in [0.25, 0.3) is 0 Å². The Kier molecular flexibility index (Phi) is 5.12. The van der Waals surface area contributed by atoms with Crippen molar-refractivity contribution >= 4 is 0 Å². The van der Waals surface area contributed by atoms with Crippen LogP contribution in [-0.4, -0.2) is 11.2 Å². The normalized spacial score (nSPS) is 12.2. The smallest absolute Gasteiger partial charge is 0.269 e. The number of hydrogen-bond donors (Lipinski definition) is 1. The molecule has 0 aliphatic rings. The molecule has 1 nitrogen and oxygen atoms in total. The maximum atomic E-state index is 12.5. The van der Waals surface area contributed by atoms with Gasteiger partial charge in [0.05, 0.1) is 6.10 Å². The molecule has 0 bridgehead atoms. The van der Waals surface area contributed by atoms with Crippen LogP contribution in [0.5, 0.6) is 0 Å². The molecule has 1 atom stereocenters. The van der Waals surface area contributed by atoms with Crippen LogP contribution in [0, 0.1) is 0 Å². The van der Waals surface area contributed by atoms with Gasteiger partial charge in [-0.2, -0.15) is 8.78 Å². The van der Waals surface area contributed by atoms with E-state index >= 15 is 0 Å². The Morgan fingerprint density at radius 2 is 1.88 bits per heavy atom. The van der Waals surface area contributed by atoms with Crippen molar-refractivity contribution in [3.8, 4) is 0 Å². The van der Waals surface area contributed by atoms with Crippen LogP contribution in [0.1, 0.15) is 25.3 Å². The number of rotatable bonds is 5. The van der Waals surface area contributed by atoms with Crippen molar-refractivity contribution in [2.75, 3.05) is 0 Å². The molecule has 1 aromatic rings. The predicted molar refractivity (Wildman–Crippen MR) is 60.3 cm³/mol. The Balaban J connectivity index is 2.55. The summed E-state index contributed by atoms with van der Waals surface area (Å²) in [7, 11) is 0. The van der Waals surface area contributed by atoms with Gasteiger partial charge in [-0.3, -0.25) is 0 Å². The number of aliphatic hydroxyl groups is 1. The lowest BCUT2D eigenvalue weighted by Gasteiger charge is -2.08. The Labute approximate surface area is 94.4 Å². The summed E-state index contributed by atoms with van der Waals surface area (Å²) in [6.45, 7) is 1.52. The second kappa shape index (κ2) is 6.38. The summed E-state index contributed by atoms with van der Waals surface area (Å²) in [6, 6.07) is 9.50. The molecule has 0 aliphatic carbocycles. The Morgan fingerprint density at radius 3 is 2.38 bits per heavy atom. The van der Waals surface area contributed by atoms with E-state index in [1.54, 1.807) is 0 Å². The fourth-order valence-corrected chi connectivity index (χ4v) is 1.57. The van der Waals surface area contributed by atoms with Gasteiger partial charge in [0.25, 0.3) is 6.08 Å². The second-order valence-electron chi connectivity index (χ2n) is 3.90. The third kappa shape index (κ3) is 4.53. The fraction of sp³-hybridized carbons (Fsp3) is 0.385. The van der Waals surface area contributed by atoms with Crippen LogP contribution >= 0.6 is 0 Å². The number of hydrogen-bond acceptors (Lipinski definition) is 1. The van der Waals surface area contributed by atoms with E-state index in [1.165, 1.54) is 6.92 Å². The molecule has 0 aliphatic heterocycles. The lowest BCUT2D eigenvalue weighted by atomic mass is 10.0. The molecule has 1 aromatic carbocycles.